The van der Waals surface area contributed by atoms with Crippen LogP contribution in [-0.2, 0) is 4.74 Å². The molecule has 0 unspecified atom stereocenters. The van der Waals surface area contributed by atoms with Crippen molar-refractivity contribution in [2.24, 2.45) is 0 Å². The molecule has 3 N–H and O–H groups in total. The summed E-state index contributed by atoms with van der Waals surface area (Å²) in [5.41, 5.74) is 1.22. The van der Waals surface area contributed by atoms with Gasteiger partial charge < -0.3 is 20.5 Å². The summed E-state index contributed by atoms with van der Waals surface area (Å²) in [6.45, 7) is 4.42. The van der Waals surface area contributed by atoms with Gasteiger partial charge in [0.2, 0.25) is 0 Å². The summed E-state index contributed by atoms with van der Waals surface area (Å²) in [7, 11) is 0. The Labute approximate surface area is 123 Å². The number of nitrogens with one attached hydrogen (secondary N) is 2. The molecule has 1 aliphatic carbocycles. The maximum atomic E-state index is 11.9. The van der Waals surface area contributed by atoms with E-state index in [0.717, 1.165) is 18.4 Å². The number of benzene rings is 1. The molecule has 1 aromatic carbocycles. The molecule has 0 radical (unpaired) electrons. The molecule has 0 aliphatic heterocycles. The Morgan fingerprint density at radius 1 is 1.38 bits per heavy atom. The third-order valence-electron chi connectivity index (χ3n) is 3.49. The predicted molar refractivity (Wildman–Crippen MR) is 78.7 cm³/mol. The van der Waals surface area contributed by atoms with Gasteiger partial charge in [0.15, 0.2) is 0 Å². The van der Waals surface area contributed by atoms with Gasteiger partial charge in [0, 0.05) is 12.6 Å². The maximum absolute atomic E-state index is 11.9. The van der Waals surface area contributed by atoms with Crippen molar-refractivity contribution in [2.75, 3.05) is 11.9 Å². The summed E-state index contributed by atoms with van der Waals surface area (Å²) in [5, 5.41) is 14.6. The SMILES string of the molecule is CCOC1CC(NC(=O)Nc2ccc(C)cc2C(=O)O)C1. The summed E-state index contributed by atoms with van der Waals surface area (Å²) >= 11 is 0. The van der Waals surface area contributed by atoms with Crippen LogP contribution in [0.25, 0.3) is 0 Å². The van der Waals surface area contributed by atoms with Gasteiger partial charge in [0.1, 0.15) is 0 Å². The first-order chi connectivity index (χ1) is 9.99. The standard InChI is InChI=1S/C15H20N2O4/c1-3-21-11-7-10(8-11)16-15(20)17-13-5-4-9(2)6-12(13)14(18)19/h4-6,10-11H,3,7-8H2,1-2H3,(H,18,19)(H2,16,17,20). The third-order valence-corrected chi connectivity index (χ3v) is 3.49. The van der Waals surface area contributed by atoms with Crippen molar-refractivity contribution in [3.63, 3.8) is 0 Å². The van der Waals surface area contributed by atoms with Crippen LogP contribution in [0.2, 0.25) is 0 Å². The zero-order valence-corrected chi connectivity index (χ0v) is 12.2. The van der Waals surface area contributed by atoms with E-state index in [0.29, 0.717) is 12.3 Å². The first kappa shape index (κ1) is 15.3. The number of carbonyl (C=O) groups is 2. The number of carbonyl (C=O) groups excluding carboxylic acids is 1. The molecule has 1 fully saturated rings. The molecular weight excluding hydrogens is 272 g/mol. The highest BCUT2D eigenvalue weighted by molar-refractivity contribution is 6.00. The van der Waals surface area contributed by atoms with E-state index in [-0.39, 0.29) is 23.7 Å². The fraction of sp³-hybridized carbons (Fsp3) is 0.467. The van der Waals surface area contributed by atoms with Crippen molar-refractivity contribution < 1.29 is 19.4 Å². The molecule has 0 heterocycles. The van der Waals surface area contributed by atoms with Gasteiger partial charge >= 0.3 is 12.0 Å². The average Bonchev–Trinajstić information content (AvgIpc) is 2.38. The lowest BCUT2D eigenvalue weighted by atomic mass is 9.89. The van der Waals surface area contributed by atoms with Crippen LogP contribution in [-0.4, -0.2) is 35.9 Å². The van der Waals surface area contributed by atoms with Crippen molar-refractivity contribution in [3.05, 3.63) is 29.3 Å². The number of urea groups is 1. The van der Waals surface area contributed by atoms with Gasteiger partial charge in [-0.3, -0.25) is 0 Å². The number of aryl methyl sites for hydroxylation is 1. The number of aromatic carboxylic acids is 1. The lowest BCUT2D eigenvalue weighted by Crippen LogP contribution is -2.49. The van der Waals surface area contributed by atoms with E-state index in [1.165, 1.54) is 6.07 Å². The molecule has 1 aromatic rings. The van der Waals surface area contributed by atoms with Crippen molar-refractivity contribution in [1.29, 1.82) is 0 Å². The van der Waals surface area contributed by atoms with E-state index in [1.807, 2.05) is 6.92 Å². The van der Waals surface area contributed by atoms with Crippen molar-refractivity contribution in [2.45, 2.75) is 38.8 Å². The number of amides is 2. The summed E-state index contributed by atoms with van der Waals surface area (Å²) in [4.78, 5) is 23.1. The summed E-state index contributed by atoms with van der Waals surface area (Å²) in [5.74, 6) is -1.06. The molecule has 21 heavy (non-hydrogen) atoms. The van der Waals surface area contributed by atoms with E-state index in [2.05, 4.69) is 10.6 Å². The molecule has 1 aliphatic rings. The van der Waals surface area contributed by atoms with Crippen LogP contribution in [0, 0.1) is 6.92 Å². The lowest BCUT2D eigenvalue weighted by molar-refractivity contribution is -0.00673. The number of ether oxygens (including phenoxy) is 1. The quantitative estimate of drug-likeness (QED) is 0.777. The smallest absolute Gasteiger partial charge is 0.337 e. The molecule has 0 spiro atoms. The zero-order valence-electron chi connectivity index (χ0n) is 12.2. The van der Waals surface area contributed by atoms with E-state index in [4.69, 9.17) is 9.84 Å². The topological polar surface area (TPSA) is 87.7 Å². The summed E-state index contributed by atoms with van der Waals surface area (Å²) < 4.78 is 5.42. The highest BCUT2D eigenvalue weighted by atomic mass is 16.5. The van der Waals surface area contributed by atoms with Gasteiger partial charge in [0.05, 0.1) is 17.4 Å². The average molecular weight is 292 g/mol. The van der Waals surface area contributed by atoms with E-state index in [9.17, 15) is 9.59 Å². The Kier molecular flexibility index (Phi) is 4.80. The van der Waals surface area contributed by atoms with Gasteiger partial charge in [-0.2, -0.15) is 0 Å². The van der Waals surface area contributed by atoms with Crippen LogP contribution in [0.15, 0.2) is 18.2 Å². The van der Waals surface area contributed by atoms with Crippen molar-refractivity contribution >= 4 is 17.7 Å². The molecule has 0 atom stereocenters. The number of hydrogen-bond donors (Lipinski definition) is 3. The highest BCUT2D eigenvalue weighted by Crippen LogP contribution is 2.23. The van der Waals surface area contributed by atoms with Crippen LogP contribution < -0.4 is 10.6 Å². The van der Waals surface area contributed by atoms with Gasteiger partial charge in [-0.15, -0.1) is 0 Å². The molecular formula is C15H20N2O4. The van der Waals surface area contributed by atoms with Gasteiger partial charge in [-0.1, -0.05) is 11.6 Å². The fourth-order valence-corrected chi connectivity index (χ4v) is 2.34. The highest BCUT2D eigenvalue weighted by Gasteiger charge is 2.30. The third kappa shape index (κ3) is 3.95. The minimum Gasteiger partial charge on any atom is -0.478 e. The maximum Gasteiger partial charge on any atom is 0.337 e. The Morgan fingerprint density at radius 2 is 2.10 bits per heavy atom. The molecule has 0 bridgehead atoms. The first-order valence-corrected chi connectivity index (χ1v) is 7.02. The van der Waals surface area contributed by atoms with Crippen LogP contribution in [0.4, 0.5) is 10.5 Å². The molecule has 114 valence electrons. The molecule has 6 nitrogen and oxygen atoms in total. The number of carboxylic acids is 1. The van der Waals surface area contributed by atoms with Gasteiger partial charge in [0.25, 0.3) is 0 Å². The van der Waals surface area contributed by atoms with Gasteiger partial charge in [-0.25, -0.2) is 9.59 Å². The molecule has 6 heteroatoms. The number of carboxylic acid groups (broad SMARTS) is 1. The minimum atomic E-state index is -1.06. The molecule has 0 aromatic heterocycles. The first-order valence-electron chi connectivity index (χ1n) is 7.02. The second kappa shape index (κ2) is 6.58. The van der Waals surface area contributed by atoms with Crippen LogP contribution in [0.5, 0.6) is 0 Å². The predicted octanol–water partition coefficient (Wildman–Crippen LogP) is 2.38. The molecule has 0 saturated heterocycles. The van der Waals surface area contributed by atoms with Crippen LogP contribution in [0.3, 0.4) is 0 Å². The number of anilines is 1. The minimum absolute atomic E-state index is 0.0836. The number of rotatable bonds is 5. The van der Waals surface area contributed by atoms with Crippen molar-refractivity contribution in [1.82, 2.24) is 5.32 Å². The zero-order chi connectivity index (χ0) is 15.4. The van der Waals surface area contributed by atoms with E-state index in [1.54, 1.807) is 19.1 Å². The second-order valence-electron chi connectivity index (χ2n) is 5.20. The Hall–Kier alpha value is -2.08. The molecule has 2 amide bonds. The molecule has 1 saturated carbocycles. The van der Waals surface area contributed by atoms with Crippen LogP contribution in [0.1, 0.15) is 35.7 Å². The van der Waals surface area contributed by atoms with Crippen LogP contribution >= 0.6 is 0 Å². The van der Waals surface area contributed by atoms with Crippen molar-refractivity contribution in [3.8, 4) is 0 Å². The monoisotopic (exact) mass is 292 g/mol. The van der Waals surface area contributed by atoms with E-state index >= 15 is 0 Å². The number of hydrogen-bond acceptors (Lipinski definition) is 3. The summed E-state index contributed by atoms with van der Waals surface area (Å²) in [6, 6.07) is 4.59. The normalized spacial score (nSPS) is 20.5. The Balaban J connectivity index is 1.90. The lowest BCUT2D eigenvalue weighted by Gasteiger charge is -2.35. The van der Waals surface area contributed by atoms with E-state index < -0.39 is 5.97 Å². The Morgan fingerprint density at radius 3 is 2.71 bits per heavy atom. The largest absolute Gasteiger partial charge is 0.478 e. The molecule has 2 rings (SSSR count). The fourth-order valence-electron chi connectivity index (χ4n) is 2.34. The Bertz CT molecular complexity index is 538. The summed E-state index contributed by atoms with van der Waals surface area (Å²) in [6.07, 6.45) is 1.80. The second-order valence-corrected chi connectivity index (χ2v) is 5.20. The van der Waals surface area contributed by atoms with Gasteiger partial charge in [-0.05, 0) is 38.8 Å².